The van der Waals surface area contributed by atoms with Crippen LogP contribution in [0.3, 0.4) is 0 Å². The van der Waals surface area contributed by atoms with E-state index >= 15 is 0 Å². The van der Waals surface area contributed by atoms with E-state index in [1.165, 1.54) is 5.70 Å². The average molecular weight is 713 g/mol. The van der Waals surface area contributed by atoms with E-state index in [0.717, 1.165) is 0 Å². The molecule has 0 fully saturated rings. The van der Waals surface area contributed by atoms with Gasteiger partial charge in [-0.2, -0.15) is 0 Å². The van der Waals surface area contributed by atoms with E-state index in [9.17, 15) is 0 Å². The molecule has 0 aliphatic rings. The van der Waals surface area contributed by atoms with Gasteiger partial charge in [0.25, 0.3) is 6.69 Å². The van der Waals surface area contributed by atoms with Gasteiger partial charge in [0.15, 0.2) is 0 Å². The molecule has 0 rings (SSSR count). The summed E-state index contributed by atoms with van der Waals surface area (Å²) in [5.74, 6) is 0. The first-order valence-corrected chi connectivity index (χ1v) is 31.4. The molecule has 0 amide bonds. The van der Waals surface area contributed by atoms with Gasteiger partial charge in [-0.05, 0) is 36.3 Å². The molecule has 2 unspecified atom stereocenters. The Balaban J connectivity index is 0. The highest BCUT2D eigenvalue weighted by Gasteiger charge is 2.54. The Hall–Kier alpha value is 4.59. The first-order valence-electron chi connectivity index (χ1n) is 6.59. The normalized spacial score (nSPS) is 16.4. The van der Waals surface area contributed by atoms with Crippen molar-refractivity contribution in [2.75, 3.05) is 0 Å². The van der Waals surface area contributed by atoms with Gasteiger partial charge in [-0.3, -0.25) is 0 Å². The predicted molar refractivity (Wildman–Crippen MR) is 144 cm³/mol. The van der Waals surface area contributed by atoms with Crippen molar-refractivity contribution in [1.29, 1.82) is 0 Å². The Kier molecular flexibility index (Phi) is 16.0. The number of halogens is 13. The van der Waals surface area contributed by atoms with Crippen molar-refractivity contribution in [3.05, 3.63) is 12.3 Å². The van der Waals surface area contributed by atoms with Gasteiger partial charge in [-0.15, -0.1) is 151 Å². The monoisotopic (exact) mass is 706 g/mol. The Labute approximate surface area is 221 Å². The van der Waals surface area contributed by atoms with Gasteiger partial charge in [0.2, 0.25) is 6.69 Å². The molecule has 0 heterocycles. The predicted octanol–water partition coefficient (Wildman–Crippen LogP) is 10.5. The lowest BCUT2D eigenvalue weighted by atomic mass is 10.3. The van der Waals surface area contributed by atoms with Crippen LogP contribution in [-0.2, 0) is 0 Å². The van der Waals surface area contributed by atoms with Crippen LogP contribution in [0.15, 0.2) is 12.3 Å². The summed E-state index contributed by atoms with van der Waals surface area (Å²) >= 11 is 77.5. The van der Waals surface area contributed by atoms with Crippen molar-refractivity contribution >= 4 is 175 Å². The summed E-state index contributed by atoms with van der Waals surface area (Å²) in [5.41, 5.74) is 0.583. The second-order valence-electron chi connectivity index (χ2n) is 5.55. The Morgan fingerprint density at radius 3 is 1.19 bits per heavy atom. The summed E-state index contributed by atoms with van der Waals surface area (Å²) < 4.78 is 0. The molecule has 18 heteroatoms. The average Bonchev–Trinajstić information content (AvgIpc) is 2.28. The lowest BCUT2D eigenvalue weighted by Crippen LogP contribution is -2.39. The largest absolute Gasteiger partial charge is 0.365 e. The minimum absolute atomic E-state index is 0.186. The lowest BCUT2D eigenvalue weighted by molar-refractivity contribution is 0.835. The summed E-state index contributed by atoms with van der Waals surface area (Å²) in [5, 5.41) is 0. The molecule has 0 radical (unpaired) electrons. The SMILES string of the molecule is C=C[Si](Cl)(Cl)Cl.C[Si](Cl)(Cl)CC(C(C[Si](Cl)(Cl)Cl)[Si](Cl)(Cl)Cl)[Si](C)(Cl)Cl. The summed E-state index contributed by atoms with van der Waals surface area (Å²) in [6, 6.07) is -8.07. The molecule has 0 saturated carbocycles. The third-order valence-corrected chi connectivity index (χ3v) is 17.8. The molecule has 0 spiro atoms. The highest BCUT2D eigenvalue weighted by molar-refractivity contribution is 7.68. The standard InChI is InChI=1S/C6H12Cl10Si4.C2H3Cl3Si/c1-17(7,8)3-5(18(2,9)10)6(20(14,15)16)4-19(11,12)13;1-2-6(3,4)5/h5-6H,3-4H2,1-2H3;2H,1H2. The van der Waals surface area contributed by atoms with Gasteiger partial charge in [0.1, 0.15) is 0 Å². The number of hydrogen-bond acceptors (Lipinski definition) is 0. The minimum Gasteiger partial charge on any atom is -0.146 e. The van der Waals surface area contributed by atoms with E-state index in [1.54, 1.807) is 13.1 Å². The Morgan fingerprint density at radius 2 is 1.04 bits per heavy atom. The fraction of sp³-hybridized carbons (Fsp3) is 0.750. The zero-order valence-electron chi connectivity index (χ0n) is 13.3. The molecule has 0 nitrogen and oxygen atoms in total. The zero-order chi connectivity index (χ0) is 21.8. The first-order chi connectivity index (χ1) is 11.0. The van der Waals surface area contributed by atoms with E-state index in [4.69, 9.17) is 144 Å². The Bertz CT molecular complexity index is 396. The summed E-state index contributed by atoms with van der Waals surface area (Å²) in [6.45, 7) is 1.57. The van der Waals surface area contributed by atoms with Crippen molar-refractivity contribution in [3.63, 3.8) is 0 Å². The van der Waals surface area contributed by atoms with Crippen LogP contribution in [0, 0.1) is 0 Å². The summed E-state index contributed by atoms with van der Waals surface area (Å²) in [4.78, 5) is 0. The molecule has 0 bridgehead atoms. The van der Waals surface area contributed by atoms with Gasteiger partial charge in [-0.25, -0.2) is 0 Å². The molecule has 0 aliphatic carbocycles. The van der Waals surface area contributed by atoms with Gasteiger partial charge in [0, 0.05) is 0 Å². The first kappa shape index (κ1) is 32.8. The molecule has 0 aromatic carbocycles. The third kappa shape index (κ3) is 19.3. The van der Waals surface area contributed by atoms with Crippen molar-refractivity contribution in [3.8, 4) is 0 Å². The fourth-order valence-corrected chi connectivity index (χ4v) is 23.5. The van der Waals surface area contributed by atoms with E-state index in [0.29, 0.717) is 6.04 Å². The van der Waals surface area contributed by atoms with E-state index in [-0.39, 0.29) is 11.6 Å². The van der Waals surface area contributed by atoms with Crippen LogP contribution < -0.4 is 0 Å². The Morgan fingerprint density at radius 1 is 0.692 bits per heavy atom. The van der Waals surface area contributed by atoms with Gasteiger partial charge in [-0.1, -0.05) is 5.70 Å². The topological polar surface area (TPSA) is 0 Å². The van der Waals surface area contributed by atoms with E-state index in [1.807, 2.05) is 0 Å². The van der Waals surface area contributed by atoms with Crippen molar-refractivity contribution in [2.24, 2.45) is 0 Å². The van der Waals surface area contributed by atoms with Crippen LogP contribution in [0.4, 0.5) is 0 Å². The van der Waals surface area contributed by atoms with E-state index in [2.05, 4.69) is 6.58 Å². The zero-order valence-corrected chi connectivity index (χ0v) is 28.1. The molecule has 0 aliphatic heterocycles. The second-order valence-corrected chi connectivity index (χ2v) is 48.3. The van der Waals surface area contributed by atoms with Crippen LogP contribution in [0.25, 0.3) is 0 Å². The van der Waals surface area contributed by atoms with Gasteiger partial charge < -0.3 is 0 Å². The highest BCUT2D eigenvalue weighted by Crippen LogP contribution is 2.57. The maximum atomic E-state index is 6.38. The quantitative estimate of drug-likeness (QED) is 0.174. The van der Waals surface area contributed by atoms with E-state index < -0.39 is 36.9 Å². The smallest absolute Gasteiger partial charge is 0.146 e. The fourth-order valence-electron chi connectivity index (χ4n) is 1.80. The molecule has 2 atom stereocenters. The van der Waals surface area contributed by atoms with Crippen molar-refractivity contribution < 1.29 is 0 Å². The molecule has 0 aromatic heterocycles. The van der Waals surface area contributed by atoms with Gasteiger partial charge >= 0.3 is 18.0 Å². The molecule has 0 saturated heterocycles. The van der Waals surface area contributed by atoms with Crippen molar-refractivity contribution in [1.82, 2.24) is 0 Å². The summed E-state index contributed by atoms with van der Waals surface area (Å²) in [6.07, 6.45) is 0. The van der Waals surface area contributed by atoms with Crippen LogP contribution in [-0.4, -0.2) is 31.4 Å². The third-order valence-electron chi connectivity index (χ3n) is 2.82. The number of hydrogen-bond donors (Lipinski definition) is 0. The molecule has 0 N–H and O–H groups in total. The highest BCUT2D eigenvalue weighted by atomic mass is 35.9. The van der Waals surface area contributed by atoms with Crippen molar-refractivity contribution in [2.45, 2.75) is 36.3 Å². The maximum Gasteiger partial charge on any atom is 0.365 e. The molecule has 0 aromatic rings. The summed E-state index contributed by atoms with van der Waals surface area (Å²) in [7, 11) is 0. The minimum atomic E-state index is -3.20. The number of rotatable bonds is 8. The molecule has 158 valence electrons. The van der Waals surface area contributed by atoms with Crippen LogP contribution >= 0.6 is 144 Å². The maximum absolute atomic E-state index is 6.38. The second kappa shape index (κ2) is 12.7. The molecule has 26 heavy (non-hydrogen) atoms. The molecular weight excluding hydrogens is 697 g/mol. The van der Waals surface area contributed by atoms with Gasteiger partial charge in [0.05, 0.1) is 0 Å². The molecular formula is C8H15Cl13Si5. The van der Waals surface area contributed by atoms with Crippen LogP contribution in [0.5, 0.6) is 0 Å². The van der Waals surface area contributed by atoms with Crippen LogP contribution in [0.1, 0.15) is 0 Å². The lowest BCUT2D eigenvalue weighted by Gasteiger charge is -2.37. The van der Waals surface area contributed by atoms with Crippen LogP contribution in [0.2, 0.25) is 36.3 Å².